The first-order valence-corrected chi connectivity index (χ1v) is 7.14. The molecule has 0 bridgehead atoms. The Labute approximate surface area is 119 Å². The maximum absolute atomic E-state index is 10.1. The first-order valence-electron chi connectivity index (χ1n) is 7.14. The Balaban J connectivity index is 3.13. The maximum atomic E-state index is 10.1. The Morgan fingerprint density at radius 2 is 0.950 bits per heavy atom. The average molecular weight is 284 g/mol. The summed E-state index contributed by atoms with van der Waals surface area (Å²) in [7, 11) is 0. The minimum absolute atomic E-state index is 0.731. The van der Waals surface area contributed by atoms with Gasteiger partial charge in [0.25, 0.3) is 0 Å². The quantitative estimate of drug-likeness (QED) is 0.434. The van der Waals surface area contributed by atoms with Gasteiger partial charge in [0.15, 0.2) is 0 Å². The van der Waals surface area contributed by atoms with Crippen LogP contribution in [0.25, 0.3) is 0 Å². The molecule has 0 aromatic carbocycles. The molecule has 0 rings (SSSR count). The summed E-state index contributed by atoms with van der Waals surface area (Å²) in [6, 6.07) is 0. The molecular formula is C14H24N2O4. The Morgan fingerprint density at radius 1 is 0.650 bits per heavy atom. The van der Waals surface area contributed by atoms with Gasteiger partial charge in [-0.3, -0.25) is 0 Å². The van der Waals surface area contributed by atoms with E-state index in [0.717, 1.165) is 38.5 Å². The smallest absolute Gasteiger partial charge is 0.430 e. The van der Waals surface area contributed by atoms with Crippen LogP contribution >= 0.6 is 0 Å². The maximum Gasteiger partial charge on any atom is 0.430 e. The van der Waals surface area contributed by atoms with E-state index in [1.807, 2.05) is 0 Å². The second-order valence-corrected chi connectivity index (χ2v) is 4.59. The summed E-state index contributed by atoms with van der Waals surface area (Å²) in [5, 5.41) is 16.6. The van der Waals surface area contributed by atoms with Crippen molar-refractivity contribution in [1.82, 2.24) is 0 Å². The van der Waals surface area contributed by atoms with E-state index in [1.54, 1.807) is 0 Å². The van der Waals surface area contributed by atoms with E-state index >= 15 is 0 Å². The van der Waals surface area contributed by atoms with Gasteiger partial charge in [0.05, 0.1) is 0 Å². The fraction of sp³-hybridized carbons (Fsp3) is 0.714. The van der Waals surface area contributed by atoms with E-state index in [2.05, 4.69) is 9.98 Å². The summed E-state index contributed by atoms with van der Waals surface area (Å²) in [5.41, 5.74) is 0. The van der Waals surface area contributed by atoms with Crippen molar-refractivity contribution in [2.75, 3.05) is 0 Å². The molecule has 0 aliphatic heterocycles. The van der Waals surface area contributed by atoms with Crippen LogP contribution in [0, 0.1) is 0 Å². The highest BCUT2D eigenvalue weighted by Gasteiger charge is 1.93. The van der Waals surface area contributed by atoms with Crippen molar-refractivity contribution in [3.8, 4) is 0 Å². The third kappa shape index (κ3) is 16.3. The zero-order valence-corrected chi connectivity index (χ0v) is 11.8. The van der Waals surface area contributed by atoms with Crippen molar-refractivity contribution in [3.05, 3.63) is 0 Å². The number of carboxylic acid groups (broad SMARTS) is 2. The topological polar surface area (TPSA) is 99.3 Å². The number of nitrogens with zero attached hydrogens (tertiary/aromatic N) is 2. The van der Waals surface area contributed by atoms with Crippen LogP contribution in [0.1, 0.15) is 64.2 Å². The minimum Gasteiger partial charge on any atom is -0.463 e. The van der Waals surface area contributed by atoms with Gasteiger partial charge in [-0.1, -0.05) is 38.5 Å². The molecule has 0 aliphatic carbocycles. The minimum atomic E-state index is -1.13. The number of amides is 2. The molecular weight excluding hydrogens is 260 g/mol. The second-order valence-electron chi connectivity index (χ2n) is 4.59. The molecule has 0 saturated heterocycles. The third-order valence-corrected chi connectivity index (χ3v) is 2.82. The van der Waals surface area contributed by atoms with Gasteiger partial charge >= 0.3 is 12.2 Å². The first-order chi connectivity index (χ1) is 9.63. The fourth-order valence-corrected chi connectivity index (χ4v) is 1.82. The molecule has 114 valence electrons. The molecule has 0 heterocycles. The van der Waals surface area contributed by atoms with E-state index in [-0.39, 0.29) is 0 Å². The fourth-order valence-electron chi connectivity index (χ4n) is 1.82. The summed E-state index contributed by atoms with van der Waals surface area (Å²) >= 11 is 0. The van der Waals surface area contributed by atoms with Gasteiger partial charge in [0, 0.05) is 12.4 Å². The number of carbonyl (C=O) groups is 2. The normalized spacial score (nSPS) is 11.4. The van der Waals surface area contributed by atoms with Gasteiger partial charge in [-0.2, -0.15) is 9.98 Å². The number of hydrogen-bond donors (Lipinski definition) is 2. The number of aliphatic imine (C=N–C) groups is 2. The Bertz CT molecular complexity index is 295. The Kier molecular flexibility index (Phi) is 12.5. The standard InChI is InChI=1S/C14H24N2O4/c17-13(18)15-11-9-7-5-3-1-2-4-6-8-10-12-16-14(19)20/h11-12H,1-10H2,(H,17,18)(H,19,20). The monoisotopic (exact) mass is 284 g/mol. The first kappa shape index (κ1) is 18.3. The SMILES string of the molecule is O=C(O)N=CCCCCCCCCCCC=NC(=O)O. The van der Waals surface area contributed by atoms with Crippen LogP contribution in [-0.2, 0) is 0 Å². The lowest BCUT2D eigenvalue weighted by molar-refractivity contribution is 0.204. The Hall–Kier alpha value is -1.72. The van der Waals surface area contributed by atoms with Crippen LogP contribution in [0.4, 0.5) is 9.59 Å². The number of unbranched alkanes of at least 4 members (excludes halogenated alkanes) is 9. The van der Waals surface area contributed by atoms with E-state index < -0.39 is 12.2 Å². The van der Waals surface area contributed by atoms with Crippen LogP contribution in [0.2, 0.25) is 0 Å². The van der Waals surface area contributed by atoms with Crippen LogP contribution in [0.15, 0.2) is 9.98 Å². The molecule has 0 aliphatic rings. The van der Waals surface area contributed by atoms with E-state index in [4.69, 9.17) is 10.2 Å². The zero-order valence-electron chi connectivity index (χ0n) is 11.8. The lowest BCUT2D eigenvalue weighted by Crippen LogP contribution is -1.87. The van der Waals surface area contributed by atoms with E-state index in [9.17, 15) is 9.59 Å². The molecule has 6 nitrogen and oxygen atoms in total. The van der Waals surface area contributed by atoms with Crippen molar-refractivity contribution in [3.63, 3.8) is 0 Å². The lowest BCUT2D eigenvalue weighted by atomic mass is 10.1. The van der Waals surface area contributed by atoms with Crippen LogP contribution in [-0.4, -0.2) is 34.8 Å². The predicted molar refractivity (Wildman–Crippen MR) is 79.2 cm³/mol. The van der Waals surface area contributed by atoms with E-state index in [0.29, 0.717) is 0 Å². The summed E-state index contributed by atoms with van der Waals surface area (Å²) in [4.78, 5) is 26.7. The summed E-state index contributed by atoms with van der Waals surface area (Å²) < 4.78 is 0. The average Bonchev–Trinajstić information content (AvgIpc) is 2.38. The number of hydrogen-bond acceptors (Lipinski definition) is 2. The molecule has 0 atom stereocenters. The van der Waals surface area contributed by atoms with E-state index in [1.165, 1.54) is 38.1 Å². The highest BCUT2D eigenvalue weighted by molar-refractivity contribution is 5.77. The highest BCUT2D eigenvalue weighted by atomic mass is 16.4. The van der Waals surface area contributed by atoms with Crippen LogP contribution in [0.5, 0.6) is 0 Å². The van der Waals surface area contributed by atoms with Crippen molar-refractivity contribution in [1.29, 1.82) is 0 Å². The summed E-state index contributed by atoms with van der Waals surface area (Å²) in [6.45, 7) is 0. The van der Waals surface area contributed by atoms with Gasteiger partial charge in [-0.25, -0.2) is 9.59 Å². The van der Waals surface area contributed by atoms with Crippen molar-refractivity contribution in [2.45, 2.75) is 64.2 Å². The largest absolute Gasteiger partial charge is 0.463 e. The Morgan fingerprint density at radius 3 is 1.25 bits per heavy atom. The number of rotatable bonds is 11. The van der Waals surface area contributed by atoms with Gasteiger partial charge < -0.3 is 10.2 Å². The van der Waals surface area contributed by atoms with Crippen molar-refractivity contribution < 1.29 is 19.8 Å². The zero-order chi connectivity index (χ0) is 15.1. The van der Waals surface area contributed by atoms with Gasteiger partial charge in [0.1, 0.15) is 0 Å². The molecule has 0 aromatic heterocycles. The van der Waals surface area contributed by atoms with Crippen LogP contribution in [0.3, 0.4) is 0 Å². The molecule has 6 heteroatoms. The van der Waals surface area contributed by atoms with Crippen LogP contribution < -0.4 is 0 Å². The summed E-state index contributed by atoms with van der Waals surface area (Å²) in [5.74, 6) is 0. The van der Waals surface area contributed by atoms with Crippen molar-refractivity contribution >= 4 is 24.6 Å². The molecule has 0 aromatic rings. The molecule has 0 radical (unpaired) electrons. The molecule has 20 heavy (non-hydrogen) atoms. The second kappa shape index (κ2) is 13.7. The van der Waals surface area contributed by atoms with Gasteiger partial charge in [0.2, 0.25) is 0 Å². The van der Waals surface area contributed by atoms with Gasteiger partial charge in [-0.15, -0.1) is 0 Å². The molecule has 0 fully saturated rings. The van der Waals surface area contributed by atoms with Crippen molar-refractivity contribution in [2.24, 2.45) is 9.98 Å². The third-order valence-electron chi connectivity index (χ3n) is 2.82. The predicted octanol–water partition coefficient (Wildman–Crippen LogP) is 4.39. The molecule has 2 N–H and O–H groups in total. The van der Waals surface area contributed by atoms with Gasteiger partial charge in [-0.05, 0) is 25.7 Å². The lowest BCUT2D eigenvalue weighted by Gasteiger charge is -2.00. The summed E-state index contributed by atoms with van der Waals surface area (Å²) in [6.07, 6.45) is 11.0. The molecule has 0 unspecified atom stereocenters. The molecule has 0 spiro atoms. The molecule has 2 amide bonds. The highest BCUT2D eigenvalue weighted by Crippen LogP contribution is 2.09. The molecule has 0 saturated carbocycles.